The summed E-state index contributed by atoms with van der Waals surface area (Å²) in [6, 6.07) is 0. The fourth-order valence-corrected chi connectivity index (χ4v) is 6.59. The lowest BCUT2D eigenvalue weighted by Crippen LogP contribution is -2.46. The molecule has 1 aliphatic carbocycles. The Balaban J connectivity index is 1.81. The maximum atomic E-state index is 13.7. The first-order valence-corrected chi connectivity index (χ1v) is 16.1. The number of carbonyl (C=O) groups is 4. The molecule has 0 fully saturated rings. The lowest BCUT2D eigenvalue weighted by Gasteiger charge is -2.37. The van der Waals surface area contributed by atoms with Gasteiger partial charge in [-0.1, -0.05) is 45.9 Å². The molecule has 5 rings (SSSR count). The van der Waals surface area contributed by atoms with Gasteiger partial charge in [-0.15, -0.1) is 0 Å². The van der Waals surface area contributed by atoms with Crippen LogP contribution < -0.4 is 10.1 Å². The summed E-state index contributed by atoms with van der Waals surface area (Å²) >= 11 is 0. The van der Waals surface area contributed by atoms with Crippen LogP contribution in [0.5, 0.6) is 11.5 Å². The lowest BCUT2D eigenvalue weighted by atomic mass is 9.78. The number of aromatic hydroxyl groups is 1. The van der Waals surface area contributed by atoms with Crippen molar-refractivity contribution in [2.24, 2.45) is 23.7 Å². The molecule has 4 aliphatic rings. The van der Waals surface area contributed by atoms with Crippen LogP contribution in [0.3, 0.4) is 0 Å². The molecule has 0 saturated heterocycles. The topological polar surface area (TPSA) is 209 Å². The molecule has 0 radical (unpaired) electrons. The average Bonchev–Trinajstić information content (AvgIpc) is 3.31. The predicted molar refractivity (Wildman–Crippen MR) is 175 cm³/mol. The van der Waals surface area contributed by atoms with Crippen LogP contribution in [0.15, 0.2) is 47.9 Å². The van der Waals surface area contributed by atoms with E-state index in [1.54, 1.807) is 33.8 Å². The minimum absolute atomic E-state index is 0.0435. The highest BCUT2D eigenvalue weighted by atomic mass is 16.7. The molecule has 5 bridgehead atoms. The largest absolute Gasteiger partial charge is 0.507 e. The number of hydrogen-bond acceptors (Lipinski definition) is 12. The van der Waals surface area contributed by atoms with Gasteiger partial charge in [-0.3, -0.25) is 19.2 Å². The van der Waals surface area contributed by atoms with E-state index in [1.807, 2.05) is 0 Å². The SMILES string of the molecule is CC(=O)O[C@H]1[C@H](C)[C@H](O)[C@H](C)[C@@H](O)[C@@H](C)/C=C/C=C\C(=O)NC2=C(C)C(=O)c3c(c(O)c(C)c4c3[C@H](O)[C@](C)(O/C=C/[C@H](O)[C@H]1C)O4)C2=O. The number of phenols is 1. The molecule has 0 aromatic heterocycles. The normalized spacial score (nSPS) is 36.0. The van der Waals surface area contributed by atoms with Gasteiger partial charge < -0.3 is 45.1 Å². The lowest BCUT2D eigenvalue weighted by molar-refractivity contribution is -0.181. The monoisotopic (exact) mass is 683 g/mol. The minimum Gasteiger partial charge on any atom is -0.507 e. The highest BCUT2D eigenvalue weighted by molar-refractivity contribution is 6.29. The number of phenolic OH excluding ortho intramolecular Hbond substituents is 1. The summed E-state index contributed by atoms with van der Waals surface area (Å²) in [5.41, 5.74) is -1.21. The number of carbonyl (C=O) groups excluding carboxylic acids is 4. The summed E-state index contributed by atoms with van der Waals surface area (Å²) < 4.78 is 17.3. The second-order valence-corrected chi connectivity index (χ2v) is 13.3. The van der Waals surface area contributed by atoms with Crippen LogP contribution >= 0.6 is 0 Å². The average molecular weight is 684 g/mol. The van der Waals surface area contributed by atoms with E-state index in [9.17, 15) is 44.7 Å². The summed E-state index contributed by atoms with van der Waals surface area (Å²) in [5, 5.41) is 58.4. The molecule has 266 valence electrons. The van der Waals surface area contributed by atoms with Crippen molar-refractivity contribution in [2.75, 3.05) is 0 Å². The third-order valence-corrected chi connectivity index (χ3v) is 9.80. The Morgan fingerprint density at radius 1 is 0.898 bits per heavy atom. The summed E-state index contributed by atoms with van der Waals surface area (Å²) in [6.45, 7) is 11.9. The number of amides is 1. The van der Waals surface area contributed by atoms with Crippen LogP contribution in [0.25, 0.3) is 0 Å². The third kappa shape index (κ3) is 6.93. The predicted octanol–water partition coefficient (Wildman–Crippen LogP) is 2.83. The van der Waals surface area contributed by atoms with E-state index in [0.29, 0.717) is 0 Å². The molecule has 0 spiro atoms. The molecule has 10 atom stereocenters. The molecule has 1 amide bonds. The maximum absolute atomic E-state index is 13.7. The van der Waals surface area contributed by atoms with E-state index in [0.717, 1.165) is 12.3 Å². The van der Waals surface area contributed by atoms with Crippen molar-refractivity contribution in [1.82, 2.24) is 5.32 Å². The van der Waals surface area contributed by atoms with Crippen molar-refractivity contribution in [3.8, 4) is 11.5 Å². The zero-order valence-electron chi connectivity index (χ0n) is 28.8. The van der Waals surface area contributed by atoms with Gasteiger partial charge in [-0.25, -0.2) is 0 Å². The van der Waals surface area contributed by atoms with Crippen LogP contribution in [0.1, 0.15) is 86.4 Å². The molecule has 1 aromatic carbocycles. The minimum atomic E-state index is -1.89. The Labute approximate surface area is 284 Å². The molecular weight excluding hydrogens is 638 g/mol. The third-order valence-electron chi connectivity index (χ3n) is 9.80. The van der Waals surface area contributed by atoms with Crippen molar-refractivity contribution < 1.29 is 58.9 Å². The Hall–Kier alpha value is -4.30. The second-order valence-electron chi connectivity index (χ2n) is 13.3. The van der Waals surface area contributed by atoms with Gasteiger partial charge in [0.25, 0.3) is 5.79 Å². The van der Waals surface area contributed by atoms with Crippen LogP contribution in [-0.2, 0) is 19.1 Å². The first-order chi connectivity index (χ1) is 22.8. The van der Waals surface area contributed by atoms with Gasteiger partial charge in [0.05, 0.1) is 35.8 Å². The number of aliphatic hydroxyl groups excluding tert-OH is 4. The van der Waals surface area contributed by atoms with Gasteiger partial charge in [-0.05, 0) is 19.9 Å². The molecule has 13 nitrogen and oxygen atoms in total. The number of Topliss-reactive ketones (excluding diaryl/α,β-unsaturated/α-hetero) is 2. The quantitative estimate of drug-likeness (QED) is 0.236. The number of aliphatic hydroxyl groups is 4. The van der Waals surface area contributed by atoms with Crippen molar-refractivity contribution in [3.63, 3.8) is 0 Å². The van der Waals surface area contributed by atoms with Crippen molar-refractivity contribution >= 4 is 23.4 Å². The molecule has 0 saturated carbocycles. The van der Waals surface area contributed by atoms with Gasteiger partial charge in [0.1, 0.15) is 17.6 Å². The molecule has 3 aliphatic heterocycles. The number of fused-ring (bicyclic) bond motifs is 14. The van der Waals surface area contributed by atoms with Crippen LogP contribution in [0, 0.1) is 30.6 Å². The number of ether oxygens (including phenoxy) is 3. The molecule has 6 N–H and O–H groups in total. The highest BCUT2D eigenvalue weighted by Gasteiger charge is 2.52. The number of rotatable bonds is 1. The molecule has 3 heterocycles. The number of benzene rings is 1. The van der Waals surface area contributed by atoms with E-state index < -0.39 is 94.7 Å². The summed E-state index contributed by atoms with van der Waals surface area (Å²) in [4.78, 5) is 52.3. The Kier molecular flexibility index (Phi) is 10.9. The van der Waals surface area contributed by atoms with Crippen LogP contribution in [0.2, 0.25) is 0 Å². The molecule has 0 unspecified atom stereocenters. The fraction of sp³-hybridized carbons (Fsp3) is 0.500. The van der Waals surface area contributed by atoms with E-state index in [4.69, 9.17) is 14.2 Å². The van der Waals surface area contributed by atoms with E-state index >= 15 is 0 Å². The molecular formula is C36H45NO12. The summed E-state index contributed by atoms with van der Waals surface area (Å²) in [7, 11) is 0. The molecule has 1 aromatic rings. The zero-order valence-corrected chi connectivity index (χ0v) is 28.8. The number of nitrogens with one attached hydrogen (secondary N) is 1. The van der Waals surface area contributed by atoms with Gasteiger partial charge in [0, 0.05) is 65.9 Å². The van der Waals surface area contributed by atoms with Crippen molar-refractivity contribution in [3.05, 3.63) is 70.2 Å². The van der Waals surface area contributed by atoms with Crippen LogP contribution in [0.4, 0.5) is 0 Å². The van der Waals surface area contributed by atoms with E-state index in [-0.39, 0.29) is 33.7 Å². The Morgan fingerprint density at radius 2 is 1.55 bits per heavy atom. The van der Waals surface area contributed by atoms with Crippen molar-refractivity contribution in [1.29, 1.82) is 0 Å². The number of hydrogen-bond donors (Lipinski definition) is 6. The zero-order chi connectivity index (χ0) is 36.7. The Morgan fingerprint density at radius 3 is 2.18 bits per heavy atom. The van der Waals surface area contributed by atoms with Crippen molar-refractivity contribution in [2.45, 2.75) is 91.7 Å². The fourth-order valence-electron chi connectivity index (χ4n) is 6.59. The summed E-state index contributed by atoms with van der Waals surface area (Å²) in [5.74, 6) is -8.26. The van der Waals surface area contributed by atoms with Gasteiger partial charge in [0.2, 0.25) is 11.7 Å². The highest BCUT2D eigenvalue weighted by Crippen LogP contribution is 2.53. The summed E-state index contributed by atoms with van der Waals surface area (Å²) in [6.07, 6.45) is 1.70. The van der Waals surface area contributed by atoms with Gasteiger partial charge >= 0.3 is 5.97 Å². The smallest absolute Gasteiger partial charge is 0.302 e. The molecule has 49 heavy (non-hydrogen) atoms. The first kappa shape index (κ1) is 37.5. The van der Waals surface area contributed by atoms with E-state index in [2.05, 4.69) is 5.32 Å². The molecule has 13 heteroatoms. The number of ketones is 2. The van der Waals surface area contributed by atoms with Crippen LogP contribution in [-0.4, -0.2) is 79.2 Å². The van der Waals surface area contributed by atoms with E-state index in [1.165, 1.54) is 45.9 Å². The first-order valence-electron chi connectivity index (χ1n) is 16.1. The number of allylic oxidation sites excluding steroid dienone is 4. The maximum Gasteiger partial charge on any atom is 0.302 e. The van der Waals surface area contributed by atoms with Gasteiger partial charge in [-0.2, -0.15) is 0 Å². The number of esters is 1. The Bertz CT molecular complexity index is 1660. The van der Waals surface area contributed by atoms with Gasteiger partial charge in [0.15, 0.2) is 11.9 Å². The standard InChI is InChI=1S/C36H45NO12/c1-15-11-9-10-12-23(40)37-27-17(3)30(43)24-25(32(27)45)31(44)20(6)34-26(24)35(46)36(8,49-34)47-14-13-22(39)16(2)33(48-21(7)38)19(5)29(42)18(4)28(15)41/h9-16,18-19,22,28-29,33,35,39,41-42,44,46H,1-8H3,(H,37,40)/b11-9+,12-10-,14-13+/t15-,16+,18+,19+,22-,28-,29+,33+,35-,36+/m0/s1. The second kappa shape index (κ2) is 14.3.